The standard InChI is InChI=1S/C22H27FN4O2S/c1-22(2)9-4-8-17-18(22)24-20(30-17)25-21(29)27-11-5-10-26(12-13-27)19(28)15-6-3-7-16(23)14-15/h3,6-7,14H,4-5,8-13H2,1-2H3,(H,24,25,29). The van der Waals surface area contributed by atoms with Gasteiger partial charge in [0.2, 0.25) is 0 Å². The largest absolute Gasteiger partial charge is 0.337 e. The molecule has 0 radical (unpaired) electrons. The van der Waals surface area contributed by atoms with E-state index in [2.05, 4.69) is 19.2 Å². The molecule has 1 N–H and O–H groups in total. The summed E-state index contributed by atoms with van der Waals surface area (Å²) in [6.45, 7) is 6.37. The SMILES string of the molecule is CC1(C)CCCc2sc(NC(=O)N3CCCN(C(=O)c4cccc(F)c4)CC3)nc21. The van der Waals surface area contributed by atoms with Gasteiger partial charge < -0.3 is 9.80 Å². The Morgan fingerprint density at radius 2 is 1.90 bits per heavy atom. The molecule has 2 heterocycles. The maximum absolute atomic E-state index is 13.4. The van der Waals surface area contributed by atoms with Gasteiger partial charge in [-0.3, -0.25) is 10.1 Å². The van der Waals surface area contributed by atoms with Crippen LogP contribution in [0.1, 0.15) is 54.0 Å². The first-order valence-corrected chi connectivity index (χ1v) is 11.3. The molecule has 1 aromatic carbocycles. The van der Waals surface area contributed by atoms with Crippen LogP contribution in [0.25, 0.3) is 0 Å². The Labute approximate surface area is 180 Å². The molecule has 160 valence electrons. The second kappa shape index (κ2) is 8.34. The van der Waals surface area contributed by atoms with E-state index in [0.717, 1.165) is 25.0 Å². The van der Waals surface area contributed by atoms with Gasteiger partial charge in [0.25, 0.3) is 5.91 Å². The summed E-state index contributed by atoms with van der Waals surface area (Å²) in [6, 6.07) is 5.55. The number of thiazole rings is 1. The number of nitrogens with zero attached hydrogens (tertiary/aromatic N) is 3. The molecule has 6 nitrogen and oxygen atoms in total. The average molecular weight is 431 g/mol. The normalized spacial score (nSPS) is 18.5. The number of urea groups is 1. The molecule has 0 spiro atoms. The third-order valence-corrected chi connectivity index (χ3v) is 6.93. The molecule has 0 atom stereocenters. The van der Waals surface area contributed by atoms with Gasteiger partial charge in [-0.1, -0.05) is 19.9 Å². The lowest BCUT2D eigenvalue weighted by atomic mass is 9.79. The van der Waals surface area contributed by atoms with Crippen LogP contribution in [0, 0.1) is 5.82 Å². The van der Waals surface area contributed by atoms with Crippen LogP contribution in [-0.4, -0.2) is 52.9 Å². The number of aromatic nitrogens is 1. The zero-order valence-electron chi connectivity index (χ0n) is 17.4. The average Bonchev–Trinajstić information content (AvgIpc) is 2.96. The highest BCUT2D eigenvalue weighted by molar-refractivity contribution is 7.15. The number of fused-ring (bicyclic) bond motifs is 1. The number of nitrogens with one attached hydrogen (secondary N) is 1. The quantitative estimate of drug-likeness (QED) is 0.774. The predicted molar refractivity (Wildman–Crippen MR) is 116 cm³/mol. The maximum atomic E-state index is 13.4. The Balaban J connectivity index is 1.38. The number of aryl methyl sites for hydroxylation is 1. The molecule has 30 heavy (non-hydrogen) atoms. The minimum atomic E-state index is -0.425. The van der Waals surface area contributed by atoms with Crippen molar-refractivity contribution in [1.82, 2.24) is 14.8 Å². The smallest absolute Gasteiger partial charge is 0.323 e. The first kappa shape index (κ1) is 20.8. The molecule has 4 rings (SSSR count). The monoisotopic (exact) mass is 430 g/mol. The van der Waals surface area contributed by atoms with E-state index in [9.17, 15) is 14.0 Å². The zero-order chi connectivity index (χ0) is 21.3. The summed E-state index contributed by atoms with van der Waals surface area (Å²) in [5.74, 6) is -0.627. The van der Waals surface area contributed by atoms with E-state index in [-0.39, 0.29) is 17.4 Å². The van der Waals surface area contributed by atoms with Gasteiger partial charge in [-0.25, -0.2) is 14.2 Å². The highest BCUT2D eigenvalue weighted by atomic mass is 32.1. The number of anilines is 1. The Kier molecular flexibility index (Phi) is 5.77. The molecule has 1 fully saturated rings. The summed E-state index contributed by atoms with van der Waals surface area (Å²) < 4.78 is 13.4. The second-order valence-electron chi connectivity index (χ2n) is 8.60. The summed E-state index contributed by atoms with van der Waals surface area (Å²) in [5, 5.41) is 3.61. The molecule has 0 unspecified atom stereocenters. The van der Waals surface area contributed by atoms with Crippen LogP contribution < -0.4 is 5.32 Å². The lowest BCUT2D eigenvalue weighted by Crippen LogP contribution is -2.39. The summed E-state index contributed by atoms with van der Waals surface area (Å²) in [6.07, 6.45) is 3.96. The van der Waals surface area contributed by atoms with Crippen molar-refractivity contribution >= 4 is 28.4 Å². The molecule has 2 aromatic rings. The maximum Gasteiger partial charge on any atom is 0.323 e. The van der Waals surface area contributed by atoms with Gasteiger partial charge >= 0.3 is 6.03 Å². The summed E-state index contributed by atoms with van der Waals surface area (Å²) >= 11 is 1.57. The third kappa shape index (κ3) is 4.33. The van der Waals surface area contributed by atoms with E-state index >= 15 is 0 Å². The first-order chi connectivity index (χ1) is 14.3. The number of hydrogen-bond acceptors (Lipinski definition) is 4. The van der Waals surface area contributed by atoms with Crippen LogP contribution in [0.4, 0.5) is 14.3 Å². The summed E-state index contributed by atoms with van der Waals surface area (Å²) in [7, 11) is 0. The van der Waals surface area contributed by atoms with Crippen LogP contribution in [0.5, 0.6) is 0 Å². The van der Waals surface area contributed by atoms with Gasteiger partial charge in [-0.2, -0.15) is 0 Å². The lowest BCUT2D eigenvalue weighted by molar-refractivity contribution is 0.0762. The van der Waals surface area contributed by atoms with E-state index in [0.29, 0.717) is 43.3 Å². The van der Waals surface area contributed by atoms with Gasteiger partial charge in [0.1, 0.15) is 5.82 Å². The molecule has 1 aliphatic carbocycles. The molecular formula is C22H27FN4O2S. The molecule has 2 aliphatic rings. The summed E-state index contributed by atoms with van der Waals surface area (Å²) in [4.78, 5) is 34.9. The number of rotatable bonds is 2. The highest BCUT2D eigenvalue weighted by Crippen LogP contribution is 2.40. The van der Waals surface area contributed by atoms with Crippen molar-refractivity contribution in [3.8, 4) is 0 Å². The number of amides is 3. The van der Waals surface area contributed by atoms with E-state index in [1.165, 1.54) is 23.1 Å². The number of hydrogen-bond donors (Lipinski definition) is 1. The van der Waals surface area contributed by atoms with E-state index < -0.39 is 5.82 Å². The Hall–Kier alpha value is -2.48. The number of benzene rings is 1. The molecule has 1 aliphatic heterocycles. The summed E-state index contributed by atoms with van der Waals surface area (Å²) in [5.41, 5.74) is 1.49. The molecule has 1 saturated heterocycles. The Morgan fingerprint density at radius 3 is 2.67 bits per heavy atom. The van der Waals surface area contributed by atoms with E-state index in [1.807, 2.05) is 0 Å². The molecule has 8 heteroatoms. The van der Waals surface area contributed by atoms with Gasteiger partial charge in [0, 0.05) is 42.0 Å². The molecular weight excluding hydrogens is 403 g/mol. The number of carbonyl (C=O) groups is 2. The Morgan fingerprint density at radius 1 is 1.13 bits per heavy atom. The van der Waals surface area contributed by atoms with Crippen molar-refractivity contribution in [3.05, 3.63) is 46.2 Å². The van der Waals surface area contributed by atoms with Crippen LogP contribution in [0.2, 0.25) is 0 Å². The van der Waals surface area contributed by atoms with Crippen LogP contribution in [0.15, 0.2) is 24.3 Å². The first-order valence-electron chi connectivity index (χ1n) is 10.4. The van der Waals surface area contributed by atoms with Crippen molar-refractivity contribution in [1.29, 1.82) is 0 Å². The molecule has 1 aromatic heterocycles. The minimum Gasteiger partial charge on any atom is -0.337 e. The number of carbonyl (C=O) groups excluding carboxylic acids is 2. The van der Waals surface area contributed by atoms with Crippen LogP contribution in [-0.2, 0) is 11.8 Å². The molecule has 3 amide bonds. The molecule has 0 saturated carbocycles. The van der Waals surface area contributed by atoms with Crippen molar-refractivity contribution in [2.45, 2.75) is 44.9 Å². The fourth-order valence-corrected chi connectivity index (χ4v) is 5.38. The number of halogens is 1. The van der Waals surface area contributed by atoms with Gasteiger partial charge in [0.15, 0.2) is 5.13 Å². The van der Waals surface area contributed by atoms with Gasteiger partial charge in [-0.15, -0.1) is 11.3 Å². The van der Waals surface area contributed by atoms with Crippen molar-refractivity contribution in [3.63, 3.8) is 0 Å². The third-order valence-electron chi connectivity index (χ3n) is 5.90. The van der Waals surface area contributed by atoms with Crippen molar-refractivity contribution in [2.75, 3.05) is 31.5 Å². The predicted octanol–water partition coefficient (Wildman–Crippen LogP) is 4.28. The van der Waals surface area contributed by atoms with Crippen LogP contribution in [0.3, 0.4) is 0 Å². The van der Waals surface area contributed by atoms with Crippen molar-refractivity contribution < 1.29 is 14.0 Å². The Bertz CT molecular complexity index is 958. The topological polar surface area (TPSA) is 65.5 Å². The second-order valence-corrected chi connectivity index (χ2v) is 9.69. The fraction of sp³-hybridized carbons (Fsp3) is 0.500. The van der Waals surface area contributed by atoms with E-state index in [1.54, 1.807) is 27.2 Å². The highest BCUT2D eigenvalue weighted by Gasteiger charge is 2.32. The zero-order valence-corrected chi connectivity index (χ0v) is 18.2. The lowest BCUT2D eigenvalue weighted by Gasteiger charge is -2.27. The van der Waals surface area contributed by atoms with E-state index in [4.69, 9.17) is 4.98 Å². The van der Waals surface area contributed by atoms with Crippen LogP contribution >= 0.6 is 11.3 Å². The minimum absolute atomic E-state index is 0.0490. The van der Waals surface area contributed by atoms with Gasteiger partial charge in [0.05, 0.1) is 5.69 Å². The van der Waals surface area contributed by atoms with Crippen molar-refractivity contribution in [2.24, 2.45) is 0 Å². The fourth-order valence-electron chi connectivity index (χ4n) is 4.21. The van der Waals surface area contributed by atoms with Gasteiger partial charge in [-0.05, 0) is 43.9 Å². The molecule has 0 bridgehead atoms.